The number of aromatic amines is 1. The highest BCUT2D eigenvalue weighted by Crippen LogP contribution is 2.19. The molecule has 3 rings (SSSR count). The molecule has 5 heteroatoms. The minimum Gasteiger partial charge on any atom is -0.317 e. The maximum Gasteiger partial charge on any atom is 0.116 e. The van der Waals surface area contributed by atoms with E-state index in [0.29, 0.717) is 0 Å². The van der Waals surface area contributed by atoms with E-state index < -0.39 is 0 Å². The molecule has 2 aromatic heterocycles. The summed E-state index contributed by atoms with van der Waals surface area (Å²) >= 11 is 0. The Morgan fingerprint density at radius 2 is 2.11 bits per heavy atom. The molecule has 5 nitrogen and oxygen atoms in total. The van der Waals surface area contributed by atoms with E-state index in [1.54, 1.807) is 12.5 Å². The summed E-state index contributed by atoms with van der Waals surface area (Å²) in [5, 5.41) is 10.3. The van der Waals surface area contributed by atoms with E-state index in [0.717, 1.165) is 42.5 Å². The Bertz CT molecular complexity index is 488. The van der Waals surface area contributed by atoms with E-state index >= 15 is 0 Å². The highest BCUT2D eigenvalue weighted by molar-refractivity contribution is 5.52. The summed E-state index contributed by atoms with van der Waals surface area (Å²) in [4.78, 5) is 8.66. The van der Waals surface area contributed by atoms with Gasteiger partial charge in [0, 0.05) is 11.9 Å². The Morgan fingerprint density at radius 3 is 2.89 bits per heavy atom. The van der Waals surface area contributed by atoms with E-state index in [-0.39, 0.29) is 0 Å². The first kappa shape index (κ1) is 11.3. The number of hydrogen-bond acceptors (Lipinski definition) is 4. The smallest absolute Gasteiger partial charge is 0.116 e. The molecule has 0 aromatic carbocycles. The van der Waals surface area contributed by atoms with Gasteiger partial charge in [0.2, 0.25) is 0 Å². The van der Waals surface area contributed by atoms with Crippen molar-refractivity contribution in [3.8, 4) is 11.4 Å². The Morgan fingerprint density at radius 1 is 1.22 bits per heavy atom. The number of hydrogen-bond donors (Lipinski definition) is 2. The second-order valence-electron chi connectivity index (χ2n) is 4.76. The molecule has 0 spiro atoms. The predicted octanol–water partition coefficient (Wildman–Crippen LogP) is 1.41. The van der Waals surface area contributed by atoms with E-state index in [2.05, 4.69) is 31.5 Å². The van der Waals surface area contributed by atoms with Crippen LogP contribution in [-0.4, -0.2) is 33.3 Å². The number of H-pyrrole nitrogens is 1. The Labute approximate surface area is 106 Å². The van der Waals surface area contributed by atoms with Gasteiger partial charge in [-0.1, -0.05) is 0 Å². The largest absolute Gasteiger partial charge is 0.317 e. The highest BCUT2D eigenvalue weighted by atomic mass is 15.1. The van der Waals surface area contributed by atoms with Gasteiger partial charge < -0.3 is 5.32 Å². The minimum absolute atomic E-state index is 0.746. The zero-order valence-corrected chi connectivity index (χ0v) is 10.3. The van der Waals surface area contributed by atoms with Gasteiger partial charge in [-0.15, -0.1) is 0 Å². The summed E-state index contributed by atoms with van der Waals surface area (Å²) in [5.74, 6) is 0.746. The molecule has 1 saturated heterocycles. The lowest BCUT2D eigenvalue weighted by atomic mass is 9.93. The highest BCUT2D eigenvalue weighted by Gasteiger charge is 2.14. The molecule has 0 saturated carbocycles. The van der Waals surface area contributed by atoms with E-state index in [1.165, 1.54) is 12.8 Å². The lowest BCUT2D eigenvalue weighted by molar-refractivity contribution is 0.370. The van der Waals surface area contributed by atoms with Gasteiger partial charge in [-0.25, -0.2) is 9.97 Å². The molecule has 3 heterocycles. The van der Waals surface area contributed by atoms with Crippen LogP contribution in [0.25, 0.3) is 11.4 Å². The fourth-order valence-corrected chi connectivity index (χ4v) is 2.44. The molecule has 18 heavy (non-hydrogen) atoms. The van der Waals surface area contributed by atoms with Crippen LogP contribution in [0, 0.1) is 5.92 Å². The molecule has 0 radical (unpaired) electrons. The van der Waals surface area contributed by atoms with Crippen molar-refractivity contribution in [1.82, 2.24) is 25.5 Å². The fraction of sp³-hybridized carbons (Fsp3) is 0.462. The summed E-state index contributed by atoms with van der Waals surface area (Å²) in [7, 11) is 0. The van der Waals surface area contributed by atoms with Crippen molar-refractivity contribution in [2.24, 2.45) is 5.92 Å². The van der Waals surface area contributed by atoms with Crippen molar-refractivity contribution in [2.45, 2.75) is 19.3 Å². The first-order valence-electron chi connectivity index (χ1n) is 6.43. The lowest BCUT2D eigenvalue weighted by Crippen LogP contribution is -2.28. The quantitative estimate of drug-likeness (QED) is 0.855. The first-order chi connectivity index (χ1) is 8.92. The molecule has 0 amide bonds. The normalized spacial score (nSPS) is 16.9. The molecule has 1 fully saturated rings. The standard InChI is InChI=1S/C13H17N5/c1-4-14-5-2-10(1)7-11-8-13(16-9-15-11)12-3-6-17-18-12/h3,6,8-10,14H,1-2,4-5,7H2,(H,17,18). The van der Waals surface area contributed by atoms with Gasteiger partial charge in [0.15, 0.2) is 0 Å². The number of rotatable bonds is 3. The number of nitrogens with zero attached hydrogens (tertiary/aromatic N) is 3. The van der Waals surface area contributed by atoms with Crippen LogP contribution in [0.4, 0.5) is 0 Å². The van der Waals surface area contributed by atoms with Gasteiger partial charge in [0.1, 0.15) is 6.33 Å². The van der Waals surface area contributed by atoms with Crippen molar-refractivity contribution >= 4 is 0 Å². The monoisotopic (exact) mass is 243 g/mol. The Kier molecular flexibility index (Phi) is 3.32. The molecule has 0 bridgehead atoms. The summed E-state index contributed by atoms with van der Waals surface area (Å²) in [6.45, 7) is 2.26. The zero-order valence-electron chi connectivity index (χ0n) is 10.3. The fourth-order valence-electron chi connectivity index (χ4n) is 2.44. The van der Waals surface area contributed by atoms with Crippen LogP contribution in [0.5, 0.6) is 0 Å². The molecule has 1 aliphatic heterocycles. The number of aromatic nitrogens is 4. The SMILES string of the molecule is c1cc(-c2cc(CC3CCNCC3)ncn2)[nH]n1. The van der Waals surface area contributed by atoms with Crippen LogP contribution in [0.2, 0.25) is 0 Å². The molecular formula is C13H17N5. The van der Waals surface area contributed by atoms with E-state index in [9.17, 15) is 0 Å². The van der Waals surface area contributed by atoms with Crippen LogP contribution in [0.15, 0.2) is 24.7 Å². The Balaban J connectivity index is 1.74. The zero-order chi connectivity index (χ0) is 12.2. The van der Waals surface area contributed by atoms with Crippen LogP contribution in [0.1, 0.15) is 18.5 Å². The van der Waals surface area contributed by atoms with Crippen LogP contribution in [0.3, 0.4) is 0 Å². The predicted molar refractivity (Wildman–Crippen MR) is 68.9 cm³/mol. The van der Waals surface area contributed by atoms with E-state index in [1.807, 2.05) is 6.07 Å². The average Bonchev–Trinajstić information content (AvgIpc) is 2.94. The molecule has 0 atom stereocenters. The summed E-state index contributed by atoms with van der Waals surface area (Å²) in [6, 6.07) is 3.99. The molecule has 1 aliphatic rings. The number of piperidine rings is 1. The van der Waals surface area contributed by atoms with Crippen molar-refractivity contribution in [1.29, 1.82) is 0 Å². The van der Waals surface area contributed by atoms with Gasteiger partial charge in [0.05, 0.1) is 11.4 Å². The first-order valence-corrected chi connectivity index (χ1v) is 6.43. The molecule has 2 N–H and O–H groups in total. The second kappa shape index (κ2) is 5.27. The maximum atomic E-state index is 4.38. The molecule has 0 aliphatic carbocycles. The minimum atomic E-state index is 0.746. The van der Waals surface area contributed by atoms with Crippen LogP contribution < -0.4 is 5.32 Å². The van der Waals surface area contributed by atoms with Crippen molar-refractivity contribution in [3.63, 3.8) is 0 Å². The molecular weight excluding hydrogens is 226 g/mol. The lowest BCUT2D eigenvalue weighted by Gasteiger charge is -2.22. The molecule has 94 valence electrons. The van der Waals surface area contributed by atoms with Gasteiger partial charge in [0.25, 0.3) is 0 Å². The number of nitrogens with one attached hydrogen (secondary N) is 2. The van der Waals surface area contributed by atoms with Gasteiger partial charge in [-0.05, 0) is 50.4 Å². The van der Waals surface area contributed by atoms with Crippen LogP contribution >= 0.6 is 0 Å². The van der Waals surface area contributed by atoms with Crippen LogP contribution in [-0.2, 0) is 6.42 Å². The average molecular weight is 243 g/mol. The third-order valence-corrected chi connectivity index (χ3v) is 3.46. The van der Waals surface area contributed by atoms with Crippen molar-refractivity contribution < 1.29 is 0 Å². The third-order valence-electron chi connectivity index (χ3n) is 3.46. The summed E-state index contributed by atoms with van der Waals surface area (Å²) < 4.78 is 0. The molecule has 2 aromatic rings. The second-order valence-corrected chi connectivity index (χ2v) is 4.76. The van der Waals surface area contributed by atoms with Gasteiger partial charge in [-0.2, -0.15) is 5.10 Å². The summed E-state index contributed by atoms with van der Waals surface area (Å²) in [5.41, 5.74) is 3.00. The Hall–Kier alpha value is -1.75. The van der Waals surface area contributed by atoms with Gasteiger partial charge in [-0.3, -0.25) is 5.10 Å². The molecule has 0 unspecified atom stereocenters. The maximum absolute atomic E-state index is 4.38. The summed E-state index contributed by atoms with van der Waals surface area (Å²) in [6.07, 6.45) is 6.91. The third kappa shape index (κ3) is 2.56. The topological polar surface area (TPSA) is 66.5 Å². The van der Waals surface area contributed by atoms with Gasteiger partial charge >= 0.3 is 0 Å². The van der Waals surface area contributed by atoms with E-state index in [4.69, 9.17) is 0 Å². The van der Waals surface area contributed by atoms with Crippen molar-refractivity contribution in [2.75, 3.05) is 13.1 Å². The van der Waals surface area contributed by atoms with Crippen molar-refractivity contribution in [3.05, 3.63) is 30.4 Å².